The fraction of sp³-hybridized carbons (Fsp3) is 0.429. The lowest BCUT2D eigenvalue weighted by Crippen LogP contribution is -2.03. The van der Waals surface area contributed by atoms with E-state index in [1.807, 2.05) is 25.1 Å². The highest BCUT2D eigenvalue weighted by Crippen LogP contribution is 2.31. The maximum atomic E-state index is 9.25. The third-order valence-electron chi connectivity index (χ3n) is 2.18. The van der Waals surface area contributed by atoms with Gasteiger partial charge >= 0.3 is 0 Å². The van der Waals surface area contributed by atoms with Crippen molar-refractivity contribution in [2.75, 3.05) is 13.2 Å². The van der Waals surface area contributed by atoms with Gasteiger partial charge in [0, 0.05) is 12.0 Å². The van der Waals surface area contributed by atoms with E-state index >= 15 is 0 Å². The lowest BCUT2D eigenvalue weighted by molar-refractivity contribution is 0.251. The Morgan fingerprint density at radius 3 is 2.76 bits per heavy atom. The van der Waals surface area contributed by atoms with Gasteiger partial charge in [-0.1, -0.05) is 12.1 Å². The maximum absolute atomic E-state index is 9.25. The van der Waals surface area contributed by atoms with Gasteiger partial charge in [0.2, 0.25) is 0 Å². The van der Waals surface area contributed by atoms with Gasteiger partial charge in [0.25, 0.3) is 0 Å². The monoisotopic (exact) mass is 234 g/mol. The number of aliphatic hydroxyl groups excluding tert-OH is 1. The smallest absolute Gasteiger partial charge is 0.166 e. The molecule has 0 aliphatic rings. The zero-order chi connectivity index (χ0) is 12.5. The predicted molar refractivity (Wildman–Crippen MR) is 67.1 cm³/mol. The van der Waals surface area contributed by atoms with Crippen molar-refractivity contribution in [2.45, 2.75) is 26.9 Å². The van der Waals surface area contributed by atoms with Crippen LogP contribution in [0.5, 0.6) is 11.5 Å². The Labute approximate surface area is 102 Å². The Hall–Kier alpha value is -1.66. The van der Waals surface area contributed by atoms with E-state index in [1.165, 1.54) is 0 Å². The van der Waals surface area contributed by atoms with Crippen LogP contribution in [0.2, 0.25) is 0 Å². The van der Waals surface area contributed by atoms with E-state index in [4.69, 9.17) is 9.47 Å². The van der Waals surface area contributed by atoms with E-state index in [0.29, 0.717) is 31.1 Å². The molecule has 92 valence electrons. The van der Waals surface area contributed by atoms with Crippen LogP contribution >= 0.6 is 0 Å². The number of hydrogen-bond donors (Lipinski definition) is 1. The van der Waals surface area contributed by atoms with Crippen LogP contribution in [0.15, 0.2) is 18.2 Å². The molecule has 0 aliphatic carbocycles. The van der Waals surface area contributed by atoms with E-state index in [0.717, 1.165) is 5.56 Å². The molecule has 1 aromatic rings. The van der Waals surface area contributed by atoms with Gasteiger partial charge in [-0.2, -0.15) is 0 Å². The van der Waals surface area contributed by atoms with Crippen molar-refractivity contribution < 1.29 is 14.6 Å². The molecule has 0 aliphatic heterocycles. The molecule has 0 saturated heterocycles. The average Bonchev–Trinajstić information content (AvgIpc) is 2.36. The molecule has 0 spiro atoms. The quantitative estimate of drug-likeness (QED) is 0.606. The summed E-state index contributed by atoms with van der Waals surface area (Å²) in [4.78, 5) is 0. The van der Waals surface area contributed by atoms with Crippen molar-refractivity contribution in [3.63, 3.8) is 0 Å². The highest BCUT2D eigenvalue weighted by Gasteiger charge is 2.09. The van der Waals surface area contributed by atoms with E-state index in [2.05, 4.69) is 11.8 Å². The third kappa shape index (κ3) is 4.01. The van der Waals surface area contributed by atoms with Crippen molar-refractivity contribution in [3.8, 4) is 23.3 Å². The van der Waals surface area contributed by atoms with Gasteiger partial charge < -0.3 is 14.6 Å². The van der Waals surface area contributed by atoms with E-state index < -0.39 is 0 Å². The highest BCUT2D eigenvalue weighted by atomic mass is 16.5. The Bertz CT molecular complexity index is 402. The first kappa shape index (κ1) is 13.4. The molecule has 0 saturated carbocycles. The van der Waals surface area contributed by atoms with Crippen molar-refractivity contribution >= 4 is 0 Å². The van der Waals surface area contributed by atoms with E-state index in [1.54, 1.807) is 6.92 Å². The standard InChI is InChI=1S/C14H18O3/c1-3-5-6-10-17-14-12(11-15)8-7-9-13(14)16-4-2/h7-9,15H,4,6,10-11H2,1-2H3. The molecule has 1 N–H and O–H groups in total. The molecular weight excluding hydrogens is 216 g/mol. The van der Waals surface area contributed by atoms with Gasteiger partial charge in [0.15, 0.2) is 11.5 Å². The van der Waals surface area contributed by atoms with Crippen LogP contribution in [-0.2, 0) is 6.61 Å². The summed E-state index contributed by atoms with van der Waals surface area (Å²) >= 11 is 0. The van der Waals surface area contributed by atoms with Crippen LogP contribution in [-0.4, -0.2) is 18.3 Å². The first-order valence-corrected chi connectivity index (χ1v) is 5.71. The molecule has 0 heterocycles. The van der Waals surface area contributed by atoms with Gasteiger partial charge in [-0.3, -0.25) is 0 Å². The minimum atomic E-state index is -0.0598. The molecular formula is C14H18O3. The van der Waals surface area contributed by atoms with E-state index in [9.17, 15) is 5.11 Å². The molecule has 0 atom stereocenters. The third-order valence-corrected chi connectivity index (χ3v) is 2.18. The number of rotatable bonds is 6. The fourth-order valence-corrected chi connectivity index (χ4v) is 1.45. The Kier molecular flexibility index (Phi) is 5.98. The minimum absolute atomic E-state index is 0.0598. The molecule has 0 radical (unpaired) electrons. The van der Waals surface area contributed by atoms with Crippen LogP contribution in [0.3, 0.4) is 0 Å². The van der Waals surface area contributed by atoms with E-state index in [-0.39, 0.29) is 6.61 Å². The van der Waals surface area contributed by atoms with Crippen molar-refractivity contribution in [3.05, 3.63) is 23.8 Å². The second-order valence-corrected chi connectivity index (χ2v) is 3.36. The van der Waals surface area contributed by atoms with Gasteiger partial charge in [-0.15, -0.1) is 11.8 Å². The van der Waals surface area contributed by atoms with Crippen LogP contribution in [0.25, 0.3) is 0 Å². The lowest BCUT2D eigenvalue weighted by atomic mass is 10.2. The summed E-state index contributed by atoms with van der Waals surface area (Å²) in [5.41, 5.74) is 0.736. The zero-order valence-electron chi connectivity index (χ0n) is 10.3. The number of ether oxygens (including phenoxy) is 2. The second-order valence-electron chi connectivity index (χ2n) is 3.36. The van der Waals surface area contributed by atoms with Crippen molar-refractivity contribution in [1.29, 1.82) is 0 Å². The fourth-order valence-electron chi connectivity index (χ4n) is 1.45. The summed E-state index contributed by atoms with van der Waals surface area (Å²) in [5.74, 6) is 7.03. The summed E-state index contributed by atoms with van der Waals surface area (Å²) in [6.07, 6.45) is 0.668. The maximum Gasteiger partial charge on any atom is 0.166 e. The molecule has 0 unspecified atom stereocenters. The number of benzene rings is 1. The number of hydrogen-bond acceptors (Lipinski definition) is 3. The summed E-state index contributed by atoms with van der Waals surface area (Å²) in [7, 11) is 0. The first-order valence-electron chi connectivity index (χ1n) is 5.71. The lowest BCUT2D eigenvalue weighted by Gasteiger charge is -2.14. The van der Waals surface area contributed by atoms with Crippen molar-refractivity contribution in [2.24, 2.45) is 0 Å². The Balaban J connectivity index is 2.79. The summed E-state index contributed by atoms with van der Waals surface area (Å²) < 4.78 is 11.1. The summed E-state index contributed by atoms with van der Waals surface area (Å²) in [6, 6.07) is 5.50. The summed E-state index contributed by atoms with van der Waals surface area (Å²) in [6.45, 7) is 4.72. The van der Waals surface area contributed by atoms with Gasteiger partial charge in [-0.25, -0.2) is 0 Å². The first-order chi connectivity index (χ1) is 8.33. The highest BCUT2D eigenvalue weighted by molar-refractivity contribution is 5.46. The topological polar surface area (TPSA) is 38.7 Å². The average molecular weight is 234 g/mol. The number of para-hydroxylation sites is 1. The SMILES string of the molecule is CC#CCCOc1c(CO)cccc1OCC. The molecule has 1 rings (SSSR count). The predicted octanol–water partition coefficient (Wildman–Crippen LogP) is 2.37. The molecule has 0 fully saturated rings. The molecule has 0 amide bonds. The van der Waals surface area contributed by atoms with Gasteiger partial charge in [0.05, 0.1) is 19.8 Å². The van der Waals surface area contributed by atoms with Crippen LogP contribution in [0.1, 0.15) is 25.8 Å². The normalized spacial score (nSPS) is 9.35. The van der Waals surface area contributed by atoms with Crippen LogP contribution in [0, 0.1) is 11.8 Å². The Morgan fingerprint density at radius 1 is 1.29 bits per heavy atom. The molecule has 3 nitrogen and oxygen atoms in total. The van der Waals surface area contributed by atoms with Crippen LogP contribution < -0.4 is 9.47 Å². The number of aliphatic hydroxyl groups is 1. The molecule has 0 bridgehead atoms. The second kappa shape index (κ2) is 7.59. The minimum Gasteiger partial charge on any atom is -0.490 e. The molecule has 3 heteroatoms. The van der Waals surface area contributed by atoms with Crippen molar-refractivity contribution in [1.82, 2.24) is 0 Å². The van der Waals surface area contributed by atoms with Gasteiger partial charge in [-0.05, 0) is 19.9 Å². The molecule has 17 heavy (non-hydrogen) atoms. The zero-order valence-corrected chi connectivity index (χ0v) is 10.3. The molecule has 0 aromatic heterocycles. The Morgan fingerprint density at radius 2 is 2.12 bits per heavy atom. The summed E-state index contributed by atoms with van der Waals surface area (Å²) in [5, 5.41) is 9.25. The van der Waals surface area contributed by atoms with Gasteiger partial charge in [0.1, 0.15) is 0 Å². The largest absolute Gasteiger partial charge is 0.490 e. The van der Waals surface area contributed by atoms with Crippen LogP contribution in [0.4, 0.5) is 0 Å². The molecule has 1 aromatic carbocycles.